The van der Waals surface area contributed by atoms with Crippen LogP contribution in [-0.4, -0.2) is 8.56 Å². The van der Waals surface area contributed by atoms with Crippen molar-refractivity contribution < 1.29 is 0 Å². The van der Waals surface area contributed by atoms with Crippen LogP contribution < -0.4 is 0 Å². The Hall–Kier alpha value is 0.920. The SMILES string of the molecule is BrCC1=CCC(Br)(Br)C=C1. The molecule has 0 unspecified atom stereocenters. The van der Waals surface area contributed by atoms with Crippen LogP contribution in [0.5, 0.6) is 0 Å². The van der Waals surface area contributed by atoms with Gasteiger partial charge in [0.25, 0.3) is 0 Å². The average molecular weight is 331 g/mol. The van der Waals surface area contributed by atoms with E-state index in [4.69, 9.17) is 0 Å². The molecule has 0 heterocycles. The van der Waals surface area contributed by atoms with Crippen LogP contribution in [0.25, 0.3) is 0 Å². The number of hydrogen-bond acceptors (Lipinski definition) is 0. The van der Waals surface area contributed by atoms with E-state index < -0.39 is 0 Å². The fourth-order valence-corrected chi connectivity index (χ4v) is 1.74. The summed E-state index contributed by atoms with van der Waals surface area (Å²) in [5, 5.41) is 0.944. The van der Waals surface area contributed by atoms with Crippen molar-refractivity contribution in [2.75, 3.05) is 5.33 Å². The predicted molar refractivity (Wildman–Crippen MR) is 56.2 cm³/mol. The Labute approximate surface area is 86.1 Å². The van der Waals surface area contributed by atoms with Crippen LogP contribution in [0.15, 0.2) is 23.8 Å². The predicted octanol–water partition coefficient (Wildman–Crippen LogP) is 3.75. The molecule has 3 heteroatoms. The minimum absolute atomic E-state index is 0.00562. The lowest BCUT2D eigenvalue weighted by molar-refractivity contribution is 1.01. The van der Waals surface area contributed by atoms with E-state index in [1.807, 2.05) is 0 Å². The van der Waals surface area contributed by atoms with Crippen LogP contribution in [0.1, 0.15) is 6.42 Å². The van der Waals surface area contributed by atoms with Crippen LogP contribution in [0.3, 0.4) is 0 Å². The van der Waals surface area contributed by atoms with Gasteiger partial charge in [0.15, 0.2) is 0 Å². The standard InChI is InChI=1S/C7H7Br3/c8-5-6-1-3-7(9,10)4-2-6/h1-3H,4-5H2. The molecule has 0 aliphatic heterocycles. The lowest BCUT2D eigenvalue weighted by Gasteiger charge is -2.17. The first kappa shape index (κ1) is 9.01. The monoisotopic (exact) mass is 328 g/mol. The maximum Gasteiger partial charge on any atom is 0.102 e. The lowest BCUT2D eigenvalue weighted by atomic mass is 10.1. The second-order valence-corrected chi connectivity index (χ2v) is 6.67. The van der Waals surface area contributed by atoms with Crippen LogP contribution >= 0.6 is 47.8 Å². The number of halogens is 3. The van der Waals surface area contributed by atoms with Gasteiger partial charge in [-0.25, -0.2) is 0 Å². The molecule has 0 fully saturated rings. The van der Waals surface area contributed by atoms with Crippen molar-refractivity contribution in [1.82, 2.24) is 0 Å². The Morgan fingerprint density at radius 2 is 2.20 bits per heavy atom. The fraction of sp³-hybridized carbons (Fsp3) is 0.429. The van der Waals surface area contributed by atoms with E-state index in [-0.39, 0.29) is 3.23 Å². The Bertz CT molecular complexity index is 179. The summed E-state index contributed by atoms with van der Waals surface area (Å²) in [5.41, 5.74) is 1.34. The minimum Gasteiger partial charge on any atom is -0.0876 e. The quantitative estimate of drug-likeness (QED) is 0.642. The zero-order valence-corrected chi connectivity index (χ0v) is 10.0. The molecular formula is C7H7Br3. The van der Waals surface area contributed by atoms with Gasteiger partial charge in [-0.15, -0.1) is 0 Å². The molecule has 56 valence electrons. The van der Waals surface area contributed by atoms with Crippen molar-refractivity contribution in [2.24, 2.45) is 0 Å². The molecule has 0 radical (unpaired) electrons. The number of alkyl halides is 3. The maximum absolute atomic E-state index is 3.52. The first-order valence-electron chi connectivity index (χ1n) is 2.96. The van der Waals surface area contributed by atoms with Crippen molar-refractivity contribution >= 4 is 47.8 Å². The summed E-state index contributed by atoms with van der Waals surface area (Å²) in [4.78, 5) is 0. The van der Waals surface area contributed by atoms with Gasteiger partial charge in [-0.3, -0.25) is 0 Å². The van der Waals surface area contributed by atoms with E-state index in [1.165, 1.54) is 5.57 Å². The maximum atomic E-state index is 3.52. The Kier molecular flexibility index (Phi) is 3.20. The zero-order chi connectivity index (χ0) is 7.61. The third kappa shape index (κ3) is 2.51. The van der Waals surface area contributed by atoms with Gasteiger partial charge in [0.05, 0.1) is 0 Å². The molecular weight excluding hydrogens is 324 g/mol. The first-order valence-corrected chi connectivity index (χ1v) is 5.67. The highest BCUT2D eigenvalue weighted by Gasteiger charge is 2.19. The van der Waals surface area contributed by atoms with Crippen molar-refractivity contribution in [2.45, 2.75) is 9.65 Å². The van der Waals surface area contributed by atoms with Gasteiger partial charge < -0.3 is 0 Å². The second kappa shape index (κ2) is 3.55. The number of hydrogen-bond donors (Lipinski definition) is 0. The highest BCUT2D eigenvalue weighted by atomic mass is 79.9. The number of allylic oxidation sites excluding steroid dienone is 4. The molecule has 0 N–H and O–H groups in total. The Morgan fingerprint density at radius 1 is 1.50 bits per heavy atom. The smallest absolute Gasteiger partial charge is 0.0876 e. The van der Waals surface area contributed by atoms with E-state index in [0.29, 0.717) is 0 Å². The minimum atomic E-state index is 0.00562. The first-order chi connectivity index (χ1) is 4.64. The molecule has 0 amide bonds. The summed E-state index contributed by atoms with van der Waals surface area (Å²) < 4.78 is 0.00562. The van der Waals surface area contributed by atoms with Crippen molar-refractivity contribution in [3.8, 4) is 0 Å². The van der Waals surface area contributed by atoms with Crippen LogP contribution in [-0.2, 0) is 0 Å². The summed E-state index contributed by atoms with van der Waals surface area (Å²) in [7, 11) is 0. The highest BCUT2D eigenvalue weighted by molar-refractivity contribution is 9.25. The largest absolute Gasteiger partial charge is 0.102 e. The molecule has 0 aromatic heterocycles. The van der Waals surface area contributed by atoms with Crippen LogP contribution in [0.4, 0.5) is 0 Å². The molecule has 0 aromatic rings. The fourth-order valence-electron chi connectivity index (χ4n) is 0.731. The van der Waals surface area contributed by atoms with Gasteiger partial charge in [-0.05, 0) is 12.0 Å². The molecule has 1 aliphatic rings. The summed E-state index contributed by atoms with van der Waals surface area (Å²) in [6.07, 6.45) is 7.44. The van der Waals surface area contributed by atoms with Crippen molar-refractivity contribution in [3.63, 3.8) is 0 Å². The topological polar surface area (TPSA) is 0 Å². The normalized spacial score (nSPS) is 22.5. The third-order valence-electron chi connectivity index (χ3n) is 1.33. The van der Waals surface area contributed by atoms with Gasteiger partial charge in [-0.1, -0.05) is 66.0 Å². The summed E-state index contributed by atoms with van der Waals surface area (Å²) >= 11 is 10.4. The summed E-state index contributed by atoms with van der Waals surface area (Å²) in [5.74, 6) is 0. The molecule has 0 atom stereocenters. The Morgan fingerprint density at radius 3 is 2.60 bits per heavy atom. The molecule has 0 aromatic carbocycles. The molecule has 0 saturated carbocycles. The molecule has 10 heavy (non-hydrogen) atoms. The van der Waals surface area contributed by atoms with E-state index in [0.717, 1.165) is 11.8 Å². The van der Waals surface area contributed by atoms with Crippen LogP contribution in [0, 0.1) is 0 Å². The summed E-state index contributed by atoms with van der Waals surface area (Å²) in [6, 6.07) is 0. The number of rotatable bonds is 1. The van der Waals surface area contributed by atoms with Crippen molar-refractivity contribution in [1.29, 1.82) is 0 Å². The van der Waals surface area contributed by atoms with Gasteiger partial charge in [0.2, 0.25) is 0 Å². The summed E-state index contributed by atoms with van der Waals surface area (Å²) in [6.45, 7) is 0. The lowest BCUT2D eigenvalue weighted by Crippen LogP contribution is -2.08. The molecule has 0 nitrogen and oxygen atoms in total. The highest BCUT2D eigenvalue weighted by Crippen LogP contribution is 2.35. The molecule has 1 aliphatic carbocycles. The van der Waals surface area contributed by atoms with Crippen LogP contribution in [0.2, 0.25) is 0 Å². The van der Waals surface area contributed by atoms with Gasteiger partial charge >= 0.3 is 0 Å². The van der Waals surface area contributed by atoms with E-state index in [9.17, 15) is 0 Å². The second-order valence-electron chi connectivity index (χ2n) is 2.21. The third-order valence-corrected chi connectivity index (χ3v) is 3.16. The van der Waals surface area contributed by atoms with E-state index >= 15 is 0 Å². The molecule has 0 bridgehead atoms. The molecule has 1 rings (SSSR count). The zero-order valence-electron chi connectivity index (χ0n) is 5.28. The van der Waals surface area contributed by atoms with Gasteiger partial charge in [0.1, 0.15) is 3.23 Å². The molecule has 0 spiro atoms. The molecule has 0 saturated heterocycles. The van der Waals surface area contributed by atoms with E-state index in [1.54, 1.807) is 0 Å². The van der Waals surface area contributed by atoms with Gasteiger partial charge in [-0.2, -0.15) is 0 Å². The van der Waals surface area contributed by atoms with Crippen molar-refractivity contribution in [3.05, 3.63) is 23.8 Å². The van der Waals surface area contributed by atoms with E-state index in [2.05, 4.69) is 66.0 Å². The Balaban J connectivity index is 2.63. The average Bonchev–Trinajstić information content (AvgIpc) is 1.88. The van der Waals surface area contributed by atoms with Gasteiger partial charge in [0, 0.05) is 5.33 Å².